The first-order chi connectivity index (χ1) is 8.76. The number of nitrogens with one attached hydrogen (secondary N) is 1. The lowest BCUT2D eigenvalue weighted by Crippen LogP contribution is -2.57. The Bertz CT molecular complexity index is 334. The summed E-state index contributed by atoms with van der Waals surface area (Å²) in [5.41, 5.74) is -0.160. The van der Waals surface area contributed by atoms with Crippen molar-refractivity contribution in [3.05, 3.63) is 0 Å². The quantitative estimate of drug-likeness (QED) is 0.823. The summed E-state index contributed by atoms with van der Waals surface area (Å²) in [6, 6.07) is -0.139. The van der Waals surface area contributed by atoms with Crippen LogP contribution in [-0.2, 0) is 9.59 Å². The molecule has 1 saturated heterocycles. The number of hydrogen-bond acceptors (Lipinski definition) is 3. The molecule has 110 valence electrons. The van der Waals surface area contributed by atoms with Crippen molar-refractivity contribution >= 4 is 11.8 Å². The van der Waals surface area contributed by atoms with Crippen LogP contribution in [0.4, 0.5) is 0 Å². The first kappa shape index (κ1) is 16.0. The highest BCUT2D eigenvalue weighted by Gasteiger charge is 2.28. The van der Waals surface area contributed by atoms with Crippen LogP contribution in [0.3, 0.4) is 0 Å². The molecule has 0 bridgehead atoms. The first-order valence-electron chi connectivity index (χ1n) is 7.08. The van der Waals surface area contributed by atoms with Crippen LogP contribution < -0.4 is 5.32 Å². The monoisotopic (exact) mass is 269 g/mol. The smallest absolute Gasteiger partial charge is 0.237 e. The van der Waals surface area contributed by atoms with Crippen molar-refractivity contribution < 1.29 is 9.59 Å². The predicted molar refractivity (Wildman–Crippen MR) is 75.8 cm³/mol. The van der Waals surface area contributed by atoms with Crippen LogP contribution in [0.1, 0.15) is 41.0 Å². The van der Waals surface area contributed by atoms with Crippen molar-refractivity contribution in [1.29, 1.82) is 0 Å². The van der Waals surface area contributed by atoms with Gasteiger partial charge in [0.1, 0.15) is 0 Å². The summed E-state index contributed by atoms with van der Waals surface area (Å²) >= 11 is 0. The average Bonchev–Trinajstić information content (AvgIpc) is 2.37. The lowest BCUT2D eigenvalue weighted by Gasteiger charge is -2.38. The molecule has 2 amide bonds. The normalized spacial score (nSPS) is 19.1. The summed E-state index contributed by atoms with van der Waals surface area (Å²) in [6.45, 7) is 12.6. The largest absolute Gasteiger partial charge is 0.350 e. The molecular weight excluding hydrogens is 242 g/mol. The molecule has 5 heteroatoms. The minimum absolute atomic E-state index is 0.0723. The number of amides is 2. The van der Waals surface area contributed by atoms with Gasteiger partial charge in [0, 0.05) is 38.6 Å². The molecule has 1 aliphatic rings. The fourth-order valence-electron chi connectivity index (χ4n) is 2.12. The Hall–Kier alpha value is -1.10. The molecule has 0 aliphatic carbocycles. The fourth-order valence-corrected chi connectivity index (χ4v) is 2.12. The molecule has 0 radical (unpaired) electrons. The molecule has 1 heterocycles. The van der Waals surface area contributed by atoms with Crippen molar-refractivity contribution in [3.8, 4) is 0 Å². The van der Waals surface area contributed by atoms with E-state index in [0.717, 1.165) is 19.5 Å². The van der Waals surface area contributed by atoms with E-state index in [1.54, 1.807) is 6.92 Å². The van der Waals surface area contributed by atoms with Crippen LogP contribution in [0.25, 0.3) is 0 Å². The van der Waals surface area contributed by atoms with Crippen LogP contribution in [0, 0.1) is 0 Å². The molecule has 1 unspecified atom stereocenters. The Morgan fingerprint density at radius 2 is 1.74 bits per heavy atom. The summed E-state index contributed by atoms with van der Waals surface area (Å²) < 4.78 is 0. The highest BCUT2D eigenvalue weighted by molar-refractivity contribution is 5.82. The number of carbonyl (C=O) groups is 2. The van der Waals surface area contributed by atoms with Gasteiger partial charge in [0.05, 0.1) is 6.04 Å². The third-order valence-electron chi connectivity index (χ3n) is 4.03. The van der Waals surface area contributed by atoms with E-state index in [-0.39, 0.29) is 23.4 Å². The Balaban J connectivity index is 2.49. The molecule has 1 aliphatic heterocycles. The first-order valence-corrected chi connectivity index (χ1v) is 7.08. The Kier molecular flexibility index (Phi) is 5.35. The van der Waals surface area contributed by atoms with Gasteiger partial charge in [0.15, 0.2) is 0 Å². The third-order valence-corrected chi connectivity index (χ3v) is 4.03. The van der Waals surface area contributed by atoms with Crippen LogP contribution in [0.5, 0.6) is 0 Å². The summed E-state index contributed by atoms with van der Waals surface area (Å²) in [4.78, 5) is 27.4. The third kappa shape index (κ3) is 4.49. The number of nitrogens with zero attached hydrogens (tertiary/aromatic N) is 2. The van der Waals surface area contributed by atoms with Gasteiger partial charge >= 0.3 is 0 Å². The van der Waals surface area contributed by atoms with Gasteiger partial charge in [-0.25, -0.2) is 0 Å². The number of piperazine rings is 1. The van der Waals surface area contributed by atoms with Gasteiger partial charge < -0.3 is 10.2 Å². The minimum Gasteiger partial charge on any atom is -0.350 e. The second-order valence-corrected chi connectivity index (χ2v) is 5.94. The van der Waals surface area contributed by atoms with Gasteiger partial charge in [0.2, 0.25) is 11.8 Å². The molecule has 0 aromatic carbocycles. The highest BCUT2D eigenvalue weighted by atomic mass is 16.2. The van der Waals surface area contributed by atoms with Crippen LogP contribution in [-0.4, -0.2) is 59.4 Å². The van der Waals surface area contributed by atoms with E-state index in [4.69, 9.17) is 0 Å². The zero-order chi connectivity index (χ0) is 14.6. The van der Waals surface area contributed by atoms with E-state index in [1.165, 1.54) is 0 Å². The van der Waals surface area contributed by atoms with E-state index in [1.807, 2.05) is 25.7 Å². The molecule has 0 aromatic rings. The number of carbonyl (C=O) groups excluding carboxylic acids is 2. The predicted octanol–water partition coefficient (Wildman–Crippen LogP) is 0.844. The lowest BCUT2D eigenvalue weighted by atomic mass is 10.0. The maximum absolute atomic E-state index is 12.2. The van der Waals surface area contributed by atoms with Crippen molar-refractivity contribution in [3.63, 3.8) is 0 Å². The van der Waals surface area contributed by atoms with Gasteiger partial charge in [-0.3, -0.25) is 14.5 Å². The second-order valence-electron chi connectivity index (χ2n) is 5.94. The number of rotatable bonds is 4. The molecule has 0 spiro atoms. The van der Waals surface area contributed by atoms with Gasteiger partial charge in [-0.2, -0.15) is 0 Å². The van der Waals surface area contributed by atoms with Crippen LogP contribution in [0.2, 0.25) is 0 Å². The Morgan fingerprint density at radius 1 is 1.21 bits per heavy atom. The van der Waals surface area contributed by atoms with Gasteiger partial charge in [0.25, 0.3) is 0 Å². The van der Waals surface area contributed by atoms with Crippen molar-refractivity contribution in [1.82, 2.24) is 15.1 Å². The van der Waals surface area contributed by atoms with E-state index in [2.05, 4.69) is 17.1 Å². The fraction of sp³-hybridized carbons (Fsp3) is 0.857. The van der Waals surface area contributed by atoms with Gasteiger partial charge in [-0.1, -0.05) is 6.92 Å². The average molecular weight is 269 g/mol. The van der Waals surface area contributed by atoms with E-state index in [0.29, 0.717) is 13.1 Å². The summed E-state index contributed by atoms with van der Waals surface area (Å²) in [7, 11) is 0. The molecule has 5 nitrogen and oxygen atoms in total. The molecule has 1 atom stereocenters. The van der Waals surface area contributed by atoms with Gasteiger partial charge in [-0.15, -0.1) is 0 Å². The minimum atomic E-state index is -0.160. The lowest BCUT2D eigenvalue weighted by molar-refractivity contribution is -0.132. The van der Waals surface area contributed by atoms with Crippen molar-refractivity contribution in [2.45, 2.75) is 52.6 Å². The summed E-state index contributed by atoms with van der Waals surface area (Å²) in [5, 5.41) is 3.08. The van der Waals surface area contributed by atoms with Crippen molar-refractivity contribution in [2.24, 2.45) is 0 Å². The molecule has 0 aromatic heterocycles. The van der Waals surface area contributed by atoms with Crippen molar-refractivity contribution in [2.75, 3.05) is 26.2 Å². The molecule has 0 saturated carbocycles. The second kappa shape index (κ2) is 6.37. The topological polar surface area (TPSA) is 52.7 Å². The standard InChI is InChI=1S/C14H27N3O2/c1-6-14(4,5)15-13(19)11(2)16-7-9-17(10-8-16)12(3)18/h11H,6-10H2,1-5H3,(H,15,19). The van der Waals surface area contributed by atoms with Crippen LogP contribution >= 0.6 is 0 Å². The highest BCUT2D eigenvalue weighted by Crippen LogP contribution is 2.11. The van der Waals surface area contributed by atoms with Gasteiger partial charge in [-0.05, 0) is 27.2 Å². The maximum atomic E-state index is 12.2. The van der Waals surface area contributed by atoms with Crippen LogP contribution in [0.15, 0.2) is 0 Å². The Morgan fingerprint density at radius 3 is 2.16 bits per heavy atom. The summed E-state index contributed by atoms with van der Waals surface area (Å²) in [6.07, 6.45) is 0.906. The zero-order valence-corrected chi connectivity index (χ0v) is 12.8. The maximum Gasteiger partial charge on any atom is 0.237 e. The zero-order valence-electron chi connectivity index (χ0n) is 12.8. The molecule has 1 N–H and O–H groups in total. The van der Waals surface area contributed by atoms with E-state index in [9.17, 15) is 9.59 Å². The van der Waals surface area contributed by atoms with E-state index < -0.39 is 0 Å². The SMILES string of the molecule is CCC(C)(C)NC(=O)C(C)N1CCN(C(C)=O)CC1. The molecule has 19 heavy (non-hydrogen) atoms. The molecule has 1 rings (SSSR count). The molecule has 1 fully saturated rings. The number of hydrogen-bond donors (Lipinski definition) is 1. The Labute approximate surface area is 116 Å². The molecular formula is C14H27N3O2. The summed E-state index contributed by atoms with van der Waals surface area (Å²) in [5.74, 6) is 0.187. The van der Waals surface area contributed by atoms with E-state index >= 15 is 0 Å².